The van der Waals surface area contributed by atoms with Crippen molar-refractivity contribution in [3.05, 3.63) is 168 Å². The topological polar surface area (TPSA) is 123 Å². The molecule has 6 nitrogen and oxygen atoms in total. The van der Waals surface area contributed by atoms with Crippen LogP contribution in [0.3, 0.4) is 0 Å². The molecule has 0 aliphatic rings. The highest BCUT2D eigenvalue weighted by molar-refractivity contribution is 5.52. The van der Waals surface area contributed by atoms with Gasteiger partial charge in [-0.1, -0.05) is 48.5 Å². The fourth-order valence-corrected chi connectivity index (χ4v) is 6.32. The van der Waals surface area contributed by atoms with E-state index in [1.54, 1.807) is 24.3 Å². The van der Waals surface area contributed by atoms with Gasteiger partial charge < -0.3 is 32.4 Å². The van der Waals surface area contributed by atoms with Crippen molar-refractivity contribution in [1.29, 1.82) is 0 Å². The largest absolute Gasteiger partial charge is 0.457 e. The number of halogens is 12. The van der Waals surface area contributed by atoms with E-state index in [0.29, 0.717) is 22.9 Å². The van der Waals surface area contributed by atoms with Crippen LogP contribution in [0.1, 0.15) is 22.3 Å². The molecule has 18 heteroatoms. The van der Waals surface area contributed by atoms with Gasteiger partial charge >= 0.3 is 24.7 Å². The molecule has 8 N–H and O–H groups in total. The van der Waals surface area contributed by atoms with Gasteiger partial charge in [0.25, 0.3) is 0 Å². The molecule has 60 heavy (non-hydrogen) atoms. The molecular weight excluding hydrogens is 820 g/mol. The average molecular weight is 853 g/mol. The van der Waals surface area contributed by atoms with Crippen molar-refractivity contribution in [2.75, 3.05) is 22.9 Å². The molecule has 0 amide bonds. The minimum absolute atomic E-state index is 0.0546. The summed E-state index contributed by atoms with van der Waals surface area (Å²) in [5.41, 5.74) is 10.6. The molecule has 0 saturated heterocycles. The number of nitrogens with two attached hydrogens (primary N) is 4. The second-order valence-corrected chi connectivity index (χ2v) is 13.1. The molecule has 0 atom stereocenters. The second-order valence-electron chi connectivity index (χ2n) is 13.1. The Hall–Kier alpha value is -6.72. The van der Waals surface area contributed by atoms with Gasteiger partial charge in [0, 0.05) is 22.7 Å². The van der Waals surface area contributed by atoms with Crippen LogP contribution < -0.4 is 32.4 Å². The van der Waals surface area contributed by atoms with Crippen LogP contribution in [-0.2, 0) is 10.8 Å². The average Bonchev–Trinajstić information content (AvgIpc) is 3.15. The summed E-state index contributed by atoms with van der Waals surface area (Å²) in [5.74, 6) is 0.742. The predicted molar refractivity (Wildman–Crippen MR) is 202 cm³/mol. The van der Waals surface area contributed by atoms with Crippen LogP contribution in [0, 0.1) is 0 Å². The van der Waals surface area contributed by atoms with Crippen molar-refractivity contribution in [1.82, 2.24) is 0 Å². The van der Waals surface area contributed by atoms with Gasteiger partial charge in [0.15, 0.2) is 0 Å². The maximum absolute atomic E-state index is 14.4. The van der Waals surface area contributed by atoms with E-state index in [2.05, 4.69) is 0 Å². The number of hydrogen-bond donors (Lipinski definition) is 4. The first-order valence-electron chi connectivity index (χ1n) is 17.2. The Morgan fingerprint density at radius 3 is 0.583 bits per heavy atom. The molecule has 0 unspecified atom stereocenters. The molecule has 0 radical (unpaired) electrons. The smallest absolute Gasteiger partial charge is 0.411 e. The number of hydrogen-bond acceptors (Lipinski definition) is 6. The molecule has 0 aromatic heterocycles. The third kappa shape index (κ3) is 8.81. The standard InChI is InChI=1S/C27H20F6N2O2.C15H12F6N2/c28-26(29,30)25(27(31,32)33,17-1-9-21(10-2-17)36-23-13-5-19(34)6-14-23)18-3-11-22(12-4-18)37-24-15-7-20(35)8-16-24;16-14(17,18)13(15(19,20)21,9-1-5-11(22)6-2-9)10-3-7-12(23)8-4-10/h1-16H,34-35H2;1-8H,22-23H2. The molecule has 0 heterocycles. The van der Waals surface area contributed by atoms with Crippen molar-refractivity contribution in [2.24, 2.45) is 0 Å². The summed E-state index contributed by atoms with van der Waals surface area (Å²) < 4.78 is 179. The predicted octanol–water partition coefficient (Wildman–Crippen LogP) is 12.1. The molecule has 0 aliphatic carbocycles. The second kappa shape index (κ2) is 16.5. The molecule has 0 spiro atoms. The first-order valence-corrected chi connectivity index (χ1v) is 17.2. The zero-order valence-electron chi connectivity index (χ0n) is 30.5. The van der Waals surface area contributed by atoms with E-state index in [4.69, 9.17) is 32.4 Å². The van der Waals surface area contributed by atoms with Crippen molar-refractivity contribution >= 4 is 22.7 Å². The van der Waals surface area contributed by atoms with E-state index in [-0.39, 0.29) is 22.9 Å². The normalized spacial score (nSPS) is 12.6. The fraction of sp³-hybridized carbons (Fsp3) is 0.143. The maximum Gasteiger partial charge on any atom is 0.411 e. The summed E-state index contributed by atoms with van der Waals surface area (Å²) in [5, 5.41) is 0. The van der Waals surface area contributed by atoms with Gasteiger partial charge in [-0.05, 0) is 119 Å². The van der Waals surface area contributed by atoms with Crippen LogP contribution >= 0.6 is 0 Å². The zero-order chi connectivity index (χ0) is 44.3. The molecule has 0 saturated carbocycles. The molecule has 0 aliphatic heterocycles. The van der Waals surface area contributed by atoms with Crippen LogP contribution in [0.25, 0.3) is 0 Å². The summed E-state index contributed by atoms with van der Waals surface area (Å²) in [7, 11) is 0. The third-order valence-electron chi connectivity index (χ3n) is 9.19. The van der Waals surface area contributed by atoms with Gasteiger partial charge in [-0.25, -0.2) is 0 Å². The van der Waals surface area contributed by atoms with Crippen LogP contribution in [0.15, 0.2) is 146 Å². The Labute approximate surface area is 333 Å². The summed E-state index contributed by atoms with van der Waals surface area (Å²) >= 11 is 0. The van der Waals surface area contributed by atoms with Gasteiger partial charge in [-0.3, -0.25) is 0 Å². The molecule has 0 bridgehead atoms. The summed E-state index contributed by atoms with van der Waals surface area (Å²) in [6, 6.07) is 26.4. The number of nitrogen functional groups attached to an aromatic ring is 4. The Bertz CT molecular complexity index is 2160. The van der Waals surface area contributed by atoms with Gasteiger partial charge in [-0.2, -0.15) is 52.7 Å². The number of benzene rings is 6. The lowest BCUT2D eigenvalue weighted by Gasteiger charge is -2.38. The van der Waals surface area contributed by atoms with Gasteiger partial charge in [0.1, 0.15) is 23.0 Å². The molecule has 6 aromatic rings. The van der Waals surface area contributed by atoms with Gasteiger partial charge in [0.2, 0.25) is 10.8 Å². The molecule has 316 valence electrons. The Morgan fingerprint density at radius 2 is 0.400 bits per heavy atom. The zero-order valence-corrected chi connectivity index (χ0v) is 30.5. The van der Waals surface area contributed by atoms with Crippen molar-refractivity contribution < 1.29 is 62.2 Å². The van der Waals surface area contributed by atoms with E-state index in [9.17, 15) is 52.7 Å². The van der Waals surface area contributed by atoms with Gasteiger partial charge in [0.05, 0.1) is 0 Å². The molecular formula is C42H32F12N4O2. The summed E-state index contributed by atoms with van der Waals surface area (Å²) in [4.78, 5) is 0. The Kier molecular flexibility index (Phi) is 12.2. The lowest BCUT2D eigenvalue weighted by atomic mass is 9.73. The lowest BCUT2D eigenvalue weighted by Crippen LogP contribution is -2.54. The van der Waals surface area contributed by atoms with Crippen molar-refractivity contribution in [3.8, 4) is 23.0 Å². The number of alkyl halides is 12. The Morgan fingerprint density at radius 1 is 0.250 bits per heavy atom. The quantitative estimate of drug-likeness (QED) is 0.0893. The highest BCUT2D eigenvalue weighted by Crippen LogP contribution is 2.58. The molecule has 6 rings (SSSR count). The first kappa shape index (κ1) is 44.4. The lowest BCUT2D eigenvalue weighted by molar-refractivity contribution is -0.290. The minimum Gasteiger partial charge on any atom is -0.457 e. The SMILES string of the molecule is Nc1ccc(C(c2ccc(N)cc2)(C(F)(F)F)C(F)(F)F)cc1.Nc1ccc(Oc2ccc(C(c3ccc(Oc4ccc(N)cc4)cc3)(C(F)(F)F)C(F)(F)F)cc2)cc1. The van der Waals surface area contributed by atoms with E-state index >= 15 is 0 Å². The van der Waals surface area contributed by atoms with Crippen molar-refractivity contribution in [3.63, 3.8) is 0 Å². The summed E-state index contributed by atoms with van der Waals surface area (Å²) in [6.07, 6.45) is -22.7. The van der Waals surface area contributed by atoms with Gasteiger partial charge in [-0.15, -0.1) is 0 Å². The van der Waals surface area contributed by atoms with Crippen molar-refractivity contribution in [2.45, 2.75) is 35.5 Å². The van der Waals surface area contributed by atoms with E-state index < -0.39 is 57.8 Å². The third-order valence-corrected chi connectivity index (χ3v) is 9.19. The number of anilines is 4. The van der Waals surface area contributed by atoms with Crippen LogP contribution in [0.2, 0.25) is 0 Å². The van der Waals surface area contributed by atoms with Crippen LogP contribution in [0.5, 0.6) is 23.0 Å². The fourth-order valence-electron chi connectivity index (χ4n) is 6.32. The number of rotatable bonds is 8. The number of ether oxygens (including phenoxy) is 2. The van der Waals surface area contributed by atoms with E-state index in [1.807, 2.05) is 0 Å². The van der Waals surface area contributed by atoms with Crippen LogP contribution in [0.4, 0.5) is 75.4 Å². The first-order chi connectivity index (χ1) is 27.9. The van der Waals surface area contributed by atoms with Crippen LogP contribution in [-0.4, -0.2) is 24.7 Å². The Balaban J connectivity index is 0.000000255. The highest BCUT2D eigenvalue weighted by atomic mass is 19.4. The van der Waals surface area contributed by atoms with E-state index in [0.717, 1.165) is 97.1 Å². The molecule has 6 aromatic carbocycles. The summed E-state index contributed by atoms with van der Waals surface area (Å²) in [6.45, 7) is 0. The maximum atomic E-state index is 14.4. The molecule has 0 fully saturated rings. The highest BCUT2D eigenvalue weighted by Gasteiger charge is 2.73. The minimum atomic E-state index is -5.72. The van der Waals surface area contributed by atoms with E-state index in [1.165, 1.54) is 24.3 Å². The monoisotopic (exact) mass is 852 g/mol.